The maximum Gasteiger partial charge on any atom is 0.311 e. The fourth-order valence-electron chi connectivity index (χ4n) is 3.55. The molecular formula is C26H38ClN3O3Si. The molecule has 2 N–H and O–H groups in total. The SMILES string of the molecule is COC(=O)Cc1ccc(NCC2CC2NC[C@H](O[Si](C)(C)C(C)(C)C)c2cccc(Cl)c2)cn1. The molecule has 0 bridgehead atoms. The molecule has 1 aromatic heterocycles. The molecule has 0 amide bonds. The summed E-state index contributed by atoms with van der Waals surface area (Å²) in [6, 6.07) is 12.3. The number of hydrogen-bond donors (Lipinski definition) is 2. The van der Waals surface area contributed by atoms with Gasteiger partial charge in [0.2, 0.25) is 0 Å². The number of anilines is 1. The van der Waals surface area contributed by atoms with Gasteiger partial charge in [0, 0.05) is 24.2 Å². The minimum Gasteiger partial charge on any atom is -0.469 e. The number of carbonyl (C=O) groups excluding carboxylic acids is 1. The van der Waals surface area contributed by atoms with Gasteiger partial charge in [-0.1, -0.05) is 44.5 Å². The summed E-state index contributed by atoms with van der Waals surface area (Å²) in [5.41, 5.74) is 2.78. The molecule has 0 radical (unpaired) electrons. The number of aromatic nitrogens is 1. The first-order valence-corrected chi connectivity index (χ1v) is 15.2. The van der Waals surface area contributed by atoms with Crippen LogP contribution in [-0.4, -0.2) is 45.5 Å². The highest BCUT2D eigenvalue weighted by atomic mass is 35.5. The number of esters is 1. The largest absolute Gasteiger partial charge is 0.469 e. The number of ether oxygens (including phenoxy) is 1. The lowest BCUT2D eigenvalue weighted by atomic mass is 10.1. The highest BCUT2D eigenvalue weighted by molar-refractivity contribution is 6.74. The van der Waals surface area contributed by atoms with Crippen molar-refractivity contribution in [2.24, 2.45) is 5.92 Å². The Kier molecular flexibility index (Phi) is 8.79. The molecule has 34 heavy (non-hydrogen) atoms. The summed E-state index contributed by atoms with van der Waals surface area (Å²) in [5.74, 6) is 0.274. The fourth-order valence-corrected chi connectivity index (χ4v) is 5.03. The maximum atomic E-state index is 11.4. The molecule has 1 heterocycles. The molecule has 6 nitrogen and oxygen atoms in total. The molecule has 1 aliphatic carbocycles. The summed E-state index contributed by atoms with van der Waals surface area (Å²) >= 11 is 6.29. The van der Waals surface area contributed by atoms with E-state index in [1.165, 1.54) is 7.11 Å². The van der Waals surface area contributed by atoms with Crippen LogP contribution in [-0.2, 0) is 20.4 Å². The van der Waals surface area contributed by atoms with Crippen LogP contribution < -0.4 is 10.6 Å². The zero-order valence-corrected chi connectivity index (χ0v) is 22.9. The van der Waals surface area contributed by atoms with Gasteiger partial charge in [-0.2, -0.15) is 0 Å². The van der Waals surface area contributed by atoms with Gasteiger partial charge in [-0.05, 0) is 60.3 Å². The van der Waals surface area contributed by atoms with Crippen LogP contribution in [0.5, 0.6) is 0 Å². The molecule has 0 aliphatic heterocycles. The zero-order chi connectivity index (χ0) is 24.9. The maximum absolute atomic E-state index is 11.4. The van der Waals surface area contributed by atoms with Crippen LogP contribution in [0.3, 0.4) is 0 Å². The number of benzene rings is 1. The smallest absolute Gasteiger partial charge is 0.311 e. The highest BCUT2D eigenvalue weighted by Gasteiger charge is 2.41. The van der Waals surface area contributed by atoms with E-state index in [2.05, 4.69) is 60.3 Å². The van der Waals surface area contributed by atoms with Gasteiger partial charge in [0.1, 0.15) is 0 Å². The number of hydrogen-bond acceptors (Lipinski definition) is 6. The van der Waals surface area contributed by atoms with Crippen LogP contribution in [0.4, 0.5) is 5.69 Å². The van der Waals surface area contributed by atoms with Crippen molar-refractivity contribution in [2.75, 3.05) is 25.5 Å². The van der Waals surface area contributed by atoms with Gasteiger partial charge >= 0.3 is 5.97 Å². The number of nitrogens with zero attached hydrogens (tertiary/aromatic N) is 1. The third-order valence-corrected chi connectivity index (χ3v) is 11.6. The van der Waals surface area contributed by atoms with E-state index < -0.39 is 8.32 Å². The lowest BCUT2D eigenvalue weighted by Gasteiger charge is -2.39. The van der Waals surface area contributed by atoms with Gasteiger partial charge < -0.3 is 19.8 Å². The Morgan fingerprint density at radius 2 is 2.03 bits per heavy atom. The van der Waals surface area contributed by atoms with Crippen molar-refractivity contribution < 1.29 is 14.0 Å². The van der Waals surface area contributed by atoms with Gasteiger partial charge in [-0.3, -0.25) is 9.78 Å². The Bertz CT molecular complexity index is 963. The van der Waals surface area contributed by atoms with Gasteiger partial charge in [-0.15, -0.1) is 0 Å². The van der Waals surface area contributed by atoms with Crippen LogP contribution in [0, 0.1) is 5.92 Å². The Labute approximate surface area is 209 Å². The molecule has 1 aromatic carbocycles. The molecule has 2 aromatic rings. The second-order valence-electron chi connectivity index (χ2n) is 10.6. The number of rotatable bonds is 11. The minimum absolute atomic E-state index is 0.0274. The normalized spacial score (nSPS) is 18.9. The Hall–Kier alpha value is -1.93. The summed E-state index contributed by atoms with van der Waals surface area (Å²) in [5, 5.41) is 8.05. The Balaban J connectivity index is 1.52. The van der Waals surface area contributed by atoms with Gasteiger partial charge in [0.05, 0.1) is 37.2 Å². The zero-order valence-electron chi connectivity index (χ0n) is 21.2. The molecule has 3 atom stereocenters. The standard InChI is InChI=1S/C26H38ClN3O3Si/c1-26(2,3)34(5,6)33-24(18-8-7-9-20(27)12-18)17-30-23-13-19(23)15-28-22-11-10-21(29-16-22)14-25(31)32-4/h7-12,16,19,23-24,28,30H,13-15,17H2,1-6H3/t19?,23?,24-/m0/s1. The van der Waals surface area contributed by atoms with Gasteiger partial charge in [0.25, 0.3) is 0 Å². The summed E-state index contributed by atoms with van der Waals surface area (Å²) in [6.45, 7) is 13.0. The number of carbonyl (C=O) groups is 1. The van der Waals surface area contributed by atoms with E-state index >= 15 is 0 Å². The predicted octanol–water partition coefficient (Wildman–Crippen LogP) is 5.60. The summed E-state index contributed by atoms with van der Waals surface area (Å²) in [7, 11) is -0.561. The second-order valence-corrected chi connectivity index (χ2v) is 15.8. The topological polar surface area (TPSA) is 72.5 Å². The van der Waals surface area contributed by atoms with E-state index in [1.54, 1.807) is 6.20 Å². The molecular weight excluding hydrogens is 466 g/mol. The second kappa shape index (κ2) is 11.2. The average Bonchev–Trinajstić information content (AvgIpc) is 3.53. The molecule has 186 valence electrons. The Morgan fingerprint density at radius 3 is 2.65 bits per heavy atom. The van der Waals surface area contributed by atoms with Crippen LogP contribution in [0.15, 0.2) is 42.6 Å². The van der Waals surface area contributed by atoms with E-state index in [9.17, 15) is 4.79 Å². The fraction of sp³-hybridized carbons (Fsp3) is 0.538. The summed E-state index contributed by atoms with van der Waals surface area (Å²) in [4.78, 5) is 15.7. The lowest BCUT2D eigenvalue weighted by Crippen LogP contribution is -2.43. The molecule has 0 saturated heterocycles. The van der Waals surface area contributed by atoms with Crippen LogP contribution in [0.25, 0.3) is 0 Å². The van der Waals surface area contributed by atoms with Gasteiger partial charge in [-0.25, -0.2) is 0 Å². The van der Waals surface area contributed by atoms with Crippen molar-refractivity contribution >= 4 is 31.6 Å². The van der Waals surface area contributed by atoms with E-state index in [-0.39, 0.29) is 23.5 Å². The van der Waals surface area contributed by atoms with Crippen LogP contribution in [0.2, 0.25) is 23.2 Å². The number of halogens is 1. The lowest BCUT2D eigenvalue weighted by molar-refractivity contribution is -0.139. The molecule has 2 unspecified atom stereocenters. The molecule has 8 heteroatoms. The van der Waals surface area contributed by atoms with Crippen molar-refractivity contribution in [2.45, 2.75) is 63.9 Å². The number of methoxy groups -OCH3 is 1. The molecule has 0 spiro atoms. The minimum atomic E-state index is -1.94. The van der Waals surface area contributed by atoms with Crippen molar-refractivity contribution in [3.63, 3.8) is 0 Å². The van der Waals surface area contributed by atoms with E-state index in [1.807, 2.05) is 30.3 Å². The number of nitrogens with one attached hydrogen (secondary N) is 2. The highest BCUT2D eigenvalue weighted by Crippen LogP contribution is 2.40. The van der Waals surface area contributed by atoms with Crippen LogP contribution in [0.1, 0.15) is 44.6 Å². The quantitative estimate of drug-likeness (QED) is 0.307. The van der Waals surface area contributed by atoms with Crippen molar-refractivity contribution in [1.29, 1.82) is 0 Å². The molecule has 1 aliphatic rings. The van der Waals surface area contributed by atoms with E-state index in [0.717, 1.165) is 35.8 Å². The van der Waals surface area contributed by atoms with Crippen molar-refractivity contribution in [1.82, 2.24) is 10.3 Å². The number of pyridine rings is 1. The third kappa shape index (κ3) is 7.53. The van der Waals surface area contributed by atoms with Crippen LogP contribution >= 0.6 is 11.6 Å². The average molecular weight is 504 g/mol. The third-order valence-electron chi connectivity index (χ3n) is 6.90. The molecule has 1 saturated carbocycles. The Morgan fingerprint density at radius 1 is 1.26 bits per heavy atom. The van der Waals surface area contributed by atoms with Crippen molar-refractivity contribution in [3.8, 4) is 0 Å². The summed E-state index contributed by atoms with van der Waals surface area (Å²) in [6.07, 6.45) is 3.06. The van der Waals surface area contributed by atoms with Gasteiger partial charge in [0.15, 0.2) is 8.32 Å². The summed E-state index contributed by atoms with van der Waals surface area (Å²) < 4.78 is 11.5. The predicted molar refractivity (Wildman–Crippen MR) is 141 cm³/mol. The van der Waals surface area contributed by atoms with Crippen molar-refractivity contribution in [3.05, 3.63) is 58.9 Å². The first-order chi connectivity index (χ1) is 16.0. The molecule has 1 fully saturated rings. The van der Waals surface area contributed by atoms with E-state index in [4.69, 9.17) is 16.0 Å². The first-order valence-electron chi connectivity index (χ1n) is 11.9. The molecule has 3 rings (SSSR count). The first kappa shape index (κ1) is 26.7. The monoisotopic (exact) mass is 503 g/mol. The van der Waals surface area contributed by atoms with E-state index in [0.29, 0.717) is 17.7 Å².